The molecule has 2 aromatic carbocycles. The summed E-state index contributed by atoms with van der Waals surface area (Å²) in [6, 6.07) is 8.00. The van der Waals surface area contributed by atoms with E-state index in [1.807, 2.05) is 0 Å². The second-order valence-corrected chi connectivity index (χ2v) is 4.63. The molecule has 0 fully saturated rings. The number of nitrogens with zero attached hydrogens (tertiary/aromatic N) is 2. The van der Waals surface area contributed by atoms with Gasteiger partial charge in [0.05, 0.1) is 27.4 Å². The van der Waals surface area contributed by atoms with Gasteiger partial charge in [-0.25, -0.2) is 0 Å². The smallest absolute Gasteiger partial charge is 0.300 e. The van der Waals surface area contributed by atoms with Gasteiger partial charge in [-0.2, -0.15) is 0 Å². The summed E-state index contributed by atoms with van der Waals surface area (Å²) in [6.45, 7) is 0. The van der Waals surface area contributed by atoms with Crippen molar-refractivity contribution in [3.05, 3.63) is 73.8 Å². The van der Waals surface area contributed by atoms with Crippen molar-refractivity contribution in [3.63, 3.8) is 0 Å². The number of carbonyl (C=O) groups excluding carboxylic acids is 2. The lowest BCUT2D eigenvalue weighted by Crippen LogP contribution is -2.33. The van der Waals surface area contributed by atoms with E-state index in [4.69, 9.17) is 0 Å². The molecular formula is C14H9N4O7-. The zero-order chi connectivity index (χ0) is 18.6. The van der Waals surface area contributed by atoms with Gasteiger partial charge in [-0.1, -0.05) is 18.2 Å². The molecule has 0 unspecified atom stereocenters. The fraction of sp³-hybridized carbons (Fsp3) is 0. The first kappa shape index (κ1) is 17.3. The van der Waals surface area contributed by atoms with Gasteiger partial charge < -0.3 is 9.90 Å². The Hall–Kier alpha value is -4.02. The highest BCUT2D eigenvalue weighted by Gasteiger charge is 2.20. The molecule has 0 bridgehead atoms. The van der Waals surface area contributed by atoms with E-state index < -0.39 is 33.1 Å². The summed E-state index contributed by atoms with van der Waals surface area (Å²) in [5, 5.41) is 32.7. The molecule has 2 rings (SSSR count). The highest BCUT2D eigenvalue weighted by Crippen LogP contribution is 2.28. The Labute approximate surface area is 139 Å². The molecule has 11 heteroatoms. The second kappa shape index (κ2) is 7.04. The maximum Gasteiger partial charge on any atom is 0.300 e. The van der Waals surface area contributed by atoms with Gasteiger partial charge in [-0.15, -0.1) is 0 Å². The van der Waals surface area contributed by atoms with Crippen LogP contribution in [-0.2, 0) is 0 Å². The second-order valence-electron chi connectivity index (χ2n) is 4.63. The normalized spacial score (nSPS) is 9.92. The highest BCUT2D eigenvalue weighted by molar-refractivity contribution is 6.04. The minimum Gasteiger partial charge on any atom is -0.545 e. The number of nitrogens with one attached hydrogen (secondary N) is 2. The number of benzene rings is 2. The zero-order valence-corrected chi connectivity index (χ0v) is 12.3. The summed E-state index contributed by atoms with van der Waals surface area (Å²) in [5.74, 6) is -2.44. The van der Waals surface area contributed by atoms with E-state index in [1.165, 1.54) is 24.3 Å². The third kappa shape index (κ3) is 3.85. The summed E-state index contributed by atoms with van der Waals surface area (Å²) in [5.41, 5.74) is 2.42. The monoisotopic (exact) mass is 345 g/mol. The predicted molar refractivity (Wildman–Crippen MR) is 81.6 cm³/mol. The minimum absolute atomic E-state index is 0.213. The molecule has 0 aliphatic carbocycles. The fourth-order valence-corrected chi connectivity index (χ4v) is 1.94. The molecule has 0 radical (unpaired) electrons. The van der Waals surface area contributed by atoms with Gasteiger partial charge in [0.25, 0.3) is 11.6 Å². The maximum absolute atomic E-state index is 12.1. The standard InChI is InChI=1S/C14H10N4O7/c19-13(9-3-1-2-4-10(9)14(20)21)16-15-11-6-5-8(17(22)23)7-12(11)18(24)25/h1-7,15H,(H,16,19)(H,20,21)/p-1. The van der Waals surface area contributed by atoms with Crippen LogP contribution in [0.4, 0.5) is 17.1 Å². The Balaban J connectivity index is 2.24. The van der Waals surface area contributed by atoms with Crippen LogP contribution in [0.3, 0.4) is 0 Å². The van der Waals surface area contributed by atoms with E-state index in [9.17, 15) is 34.9 Å². The summed E-state index contributed by atoms with van der Waals surface area (Å²) < 4.78 is 0. The Morgan fingerprint density at radius 1 is 0.920 bits per heavy atom. The molecule has 2 aromatic rings. The molecule has 0 atom stereocenters. The average molecular weight is 345 g/mol. The third-order valence-electron chi connectivity index (χ3n) is 3.09. The number of hydrogen-bond donors (Lipinski definition) is 2. The van der Waals surface area contributed by atoms with Crippen LogP contribution in [0.1, 0.15) is 20.7 Å². The number of carbonyl (C=O) groups is 2. The molecule has 0 heterocycles. The number of non-ortho nitro benzene ring substituents is 1. The number of aromatic carboxylic acids is 1. The molecule has 2 N–H and O–H groups in total. The lowest BCUT2D eigenvalue weighted by molar-refractivity contribution is -0.393. The van der Waals surface area contributed by atoms with Crippen molar-refractivity contribution >= 4 is 28.9 Å². The van der Waals surface area contributed by atoms with Gasteiger partial charge in [-0.3, -0.25) is 35.9 Å². The number of anilines is 1. The third-order valence-corrected chi connectivity index (χ3v) is 3.09. The molecule has 11 nitrogen and oxygen atoms in total. The molecular weight excluding hydrogens is 336 g/mol. The first-order chi connectivity index (χ1) is 11.8. The van der Waals surface area contributed by atoms with Crippen LogP contribution in [0.5, 0.6) is 0 Å². The Bertz CT molecular complexity index is 881. The van der Waals surface area contributed by atoms with E-state index in [1.54, 1.807) is 0 Å². The van der Waals surface area contributed by atoms with Crippen LogP contribution >= 0.6 is 0 Å². The van der Waals surface area contributed by atoms with Gasteiger partial charge >= 0.3 is 5.69 Å². The Kier molecular flexibility index (Phi) is 4.88. The molecule has 0 spiro atoms. The van der Waals surface area contributed by atoms with Crippen molar-refractivity contribution in [2.45, 2.75) is 0 Å². The van der Waals surface area contributed by atoms with Crippen molar-refractivity contribution in [2.24, 2.45) is 0 Å². The van der Waals surface area contributed by atoms with Gasteiger partial charge in [-0.05, 0) is 12.1 Å². The van der Waals surface area contributed by atoms with Crippen molar-refractivity contribution in [2.75, 3.05) is 5.43 Å². The molecule has 0 aromatic heterocycles. The molecule has 1 amide bonds. The molecule has 128 valence electrons. The maximum atomic E-state index is 12.1. The number of hydrogen-bond acceptors (Lipinski definition) is 8. The van der Waals surface area contributed by atoms with Crippen molar-refractivity contribution in [1.29, 1.82) is 0 Å². The average Bonchev–Trinajstić information content (AvgIpc) is 2.59. The van der Waals surface area contributed by atoms with Crippen molar-refractivity contribution in [3.8, 4) is 0 Å². The lowest BCUT2D eigenvalue weighted by atomic mass is 10.1. The number of nitro benzene ring substituents is 2. The number of carboxylic acid groups (broad SMARTS) is 1. The number of carboxylic acids is 1. The van der Waals surface area contributed by atoms with Crippen LogP contribution in [0.15, 0.2) is 42.5 Å². The van der Waals surface area contributed by atoms with Gasteiger partial charge in [0.2, 0.25) is 0 Å². The van der Waals surface area contributed by atoms with Crippen molar-refractivity contribution < 1.29 is 24.5 Å². The SMILES string of the molecule is O=C([O-])c1ccccc1C(=O)NNc1ccc([N+](=O)[O-])cc1[N+](=O)[O-]. The van der Waals surface area contributed by atoms with Crippen LogP contribution < -0.4 is 16.0 Å². The summed E-state index contributed by atoms with van der Waals surface area (Å²) in [4.78, 5) is 43.0. The van der Waals surface area contributed by atoms with Crippen molar-refractivity contribution in [1.82, 2.24) is 5.43 Å². The van der Waals surface area contributed by atoms with E-state index in [0.29, 0.717) is 0 Å². The van der Waals surface area contributed by atoms with Crippen LogP contribution in [-0.4, -0.2) is 21.7 Å². The number of hydrazine groups is 1. The molecule has 0 aliphatic heterocycles. The van der Waals surface area contributed by atoms with Crippen LogP contribution in [0.25, 0.3) is 0 Å². The molecule has 25 heavy (non-hydrogen) atoms. The Morgan fingerprint density at radius 2 is 1.56 bits per heavy atom. The zero-order valence-electron chi connectivity index (χ0n) is 12.3. The number of amides is 1. The van der Waals surface area contributed by atoms with E-state index in [0.717, 1.165) is 18.2 Å². The summed E-state index contributed by atoms with van der Waals surface area (Å²) in [7, 11) is 0. The first-order valence-corrected chi connectivity index (χ1v) is 6.61. The minimum atomic E-state index is -1.56. The summed E-state index contributed by atoms with van der Waals surface area (Å²) in [6.07, 6.45) is 0. The highest BCUT2D eigenvalue weighted by atomic mass is 16.6. The topological polar surface area (TPSA) is 168 Å². The predicted octanol–water partition coefficient (Wildman–Crippen LogP) is 0.623. The van der Waals surface area contributed by atoms with E-state index in [-0.39, 0.29) is 16.8 Å². The molecule has 0 saturated carbocycles. The Morgan fingerprint density at radius 3 is 2.12 bits per heavy atom. The molecule has 0 aliphatic rings. The van der Waals surface area contributed by atoms with Crippen LogP contribution in [0.2, 0.25) is 0 Å². The van der Waals surface area contributed by atoms with Crippen LogP contribution in [0, 0.1) is 20.2 Å². The quantitative estimate of drug-likeness (QED) is 0.567. The largest absolute Gasteiger partial charge is 0.545 e. The fourth-order valence-electron chi connectivity index (χ4n) is 1.94. The number of rotatable bonds is 6. The van der Waals surface area contributed by atoms with E-state index in [2.05, 4.69) is 10.9 Å². The van der Waals surface area contributed by atoms with Gasteiger partial charge in [0, 0.05) is 11.6 Å². The summed E-state index contributed by atoms with van der Waals surface area (Å²) >= 11 is 0. The van der Waals surface area contributed by atoms with Gasteiger partial charge in [0.15, 0.2) is 0 Å². The van der Waals surface area contributed by atoms with E-state index >= 15 is 0 Å². The number of nitro groups is 2. The molecule has 0 saturated heterocycles. The lowest BCUT2D eigenvalue weighted by Gasteiger charge is -2.12. The first-order valence-electron chi connectivity index (χ1n) is 6.61. The van der Waals surface area contributed by atoms with Gasteiger partial charge in [0.1, 0.15) is 5.69 Å².